The van der Waals surface area contributed by atoms with Crippen LogP contribution in [-0.4, -0.2) is 43.2 Å². The number of anilines is 2. The number of nitrogens with two attached hydrogens (primary N) is 1. The number of rotatable bonds is 7. The van der Waals surface area contributed by atoms with Gasteiger partial charge in [-0.25, -0.2) is 15.0 Å². The molecule has 1 aliphatic carbocycles. The molecule has 1 aliphatic heterocycles. The molecule has 0 radical (unpaired) electrons. The number of carbonyl (C=O) groups excluding carboxylic acids is 1. The quantitative estimate of drug-likeness (QED) is 0.278. The number of hydrogen-bond donors (Lipinski definition) is 2. The lowest BCUT2D eigenvalue weighted by atomic mass is 9.93. The number of nitrogens with one attached hydrogen (secondary N) is 1. The number of nitrogen functional groups attached to an aromatic ring is 1. The molecule has 0 bridgehead atoms. The van der Waals surface area contributed by atoms with E-state index < -0.39 is 0 Å². The summed E-state index contributed by atoms with van der Waals surface area (Å²) in [5.41, 5.74) is 12.6. The number of likely N-dealkylation sites (tertiary alicyclic amines) is 1. The van der Waals surface area contributed by atoms with Crippen molar-refractivity contribution in [3.8, 4) is 11.4 Å². The Labute approximate surface area is 232 Å². The highest BCUT2D eigenvalue weighted by molar-refractivity contribution is 6.05. The lowest BCUT2D eigenvalue weighted by molar-refractivity contribution is 0.102. The average Bonchev–Trinajstić information content (AvgIpc) is 3.43. The fourth-order valence-electron chi connectivity index (χ4n) is 5.75. The Morgan fingerprint density at radius 1 is 0.975 bits per heavy atom. The number of imidazole rings is 1. The fourth-order valence-corrected chi connectivity index (χ4v) is 5.75. The second-order valence-corrected chi connectivity index (χ2v) is 10.9. The van der Waals surface area contributed by atoms with Crippen molar-refractivity contribution >= 4 is 22.9 Å². The minimum atomic E-state index is -0.238. The smallest absolute Gasteiger partial charge is 0.255 e. The zero-order valence-corrected chi connectivity index (χ0v) is 22.3. The van der Waals surface area contributed by atoms with Gasteiger partial charge in [-0.1, -0.05) is 24.3 Å². The Morgan fingerprint density at radius 3 is 2.55 bits per heavy atom. The van der Waals surface area contributed by atoms with Gasteiger partial charge in [0, 0.05) is 24.5 Å². The Balaban J connectivity index is 1.12. The molecule has 0 spiro atoms. The first-order valence-electron chi connectivity index (χ1n) is 13.9. The van der Waals surface area contributed by atoms with Gasteiger partial charge in [0.25, 0.3) is 5.91 Å². The molecule has 1 saturated carbocycles. The van der Waals surface area contributed by atoms with Crippen molar-refractivity contribution in [1.82, 2.24) is 24.3 Å². The van der Waals surface area contributed by atoms with Gasteiger partial charge in [0.15, 0.2) is 0 Å². The molecule has 4 heterocycles. The molecule has 1 saturated heterocycles. The van der Waals surface area contributed by atoms with Gasteiger partial charge < -0.3 is 11.1 Å². The van der Waals surface area contributed by atoms with Crippen LogP contribution >= 0.6 is 0 Å². The number of pyridine rings is 1. The van der Waals surface area contributed by atoms with E-state index in [0.29, 0.717) is 16.9 Å². The predicted molar refractivity (Wildman–Crippen MR) is 156 cm³/mol. The van der Waals surface area contributed by atoms with Gasteiger partial charge in [-0.2, -0.15) is 0 Å². The molecule has 3 N–H and O–H groups in total. The summed E-state index contributed by atoms with van der Waals surface area (Å²) in [5, 5.41) is 2.89. The predicted octanol–water partition coefficient (Wildman–Crippen LogP) is 5.30. The SMILES string of the molecule is Nc1ccccc1NC(=O)c1ccc(C2(c3nccc(-c4cnc5cc(CN6CCCC6)ccn45)n3)CC2)cc1. The van der Waals surface area contributed by atoms with Crippen molar-refractivity contribution in [3.63, 3.8) is 0 Å². The summed E-state index contributed by atoms with van der Waals surface area (Å²) in [6.07, 6.45) is 10.3. The summed E-state index contributed by atoms with van der Waals surface area (Å²) in [5.74, 6) is 0.614. The van der Waals surface area contributed by atoms with Crippen molar-refractivity contribution in [2.24, 2.45) is 0 Å². The number of carbonyl (C=O) groups is 1. The standard InChI is InChI=1S/C32H31N7O/c33-25-5-1-2-6-26(25)36-30(40)23-7-9-24(10-8-23)32(13-14-32)31-34-15-11-27(37-31)28-20-35-29-19-22(12-18-39(28)29)21-38-16-3-4-17-38/h1-2,5-12,15,18-20H,3-4,13-14,16-17,21,33H2,(H,36,40). The topological polar surface area (TPSA) is 101 Å². The Kier molecular flexibility index (Phi) is 6.04. The largest absolute Gasteiger partial charge is 0.397 e. The van der Waals surface area contributed by atoms with Gasteiger partial charge in [-0.15, -0.1) is 0 Å². The monoisotopic (exact) mass is 529 g/mol. The van der Waals surface area contributed by atoms with Crippen LogP contribution in [0, 0.1) is 0 Å². The van der Waals surface area contributed by atoms with Crippen LogP contribution in [0.3, 0.4) is 0 Å². The van der Waals surface area contributed by atoms with E-state index in [1.165, 1.54) is 31.5 Å². The summed E-state index contributed by atoms with van der Waals surface area (Å²) in [7, 11) is 0. The third-order valence-corrected chi connectivity index (χ3v) is 8.19. The maximum atomic E-state index is 12.8. The molecule has 8 heteroatoms. The van der Waals surface area contributed by atoms with Crippen molar-refractivity contribution in [2.75, 3.05) is 24.1 Å². The number of fused-ring (bicyclic) bond motifs is 1. The van der Waals surface area contributed by atoms with Crippen molar-refractivity contribution in [3.05, 3.63) is 108 Å². The molecular weight excluding hydrogens is 498 g/mol. The van der Waals surface area contributed by atoms with Gasteiger partial charge in [0.2, 0.25) is 0 Å². The first-order valence-corrected chi connectivity index (χ1v) is 13.9. The number of benzene rings is 2. The molecule has 7 rings (SSSR count). The minimum Gasteiger partial charge on any atom is -0.397 e. The Bertz CT molecular complexity index is 1700. The third kappa shape index (κ3) is 4.50. The summed E-state index contributed by atoms with van der Waals surface area (Å²) < 4.78 is 2.10. The molecule has 1 amide bonds. The Hall–Kier alpha value is -4.56. The number of nitrogens with zero attached hydrogens (tertiary/aromatic N) is 5. The Morgan fingerprint density at radius 2 is 1.77 bits per heavy atom. The number of hydrogen-bond acceptors (Lipinski definition) is 6. The van der Waals surface area contributed by atoms with E-state index >= 15 is 0 Å². The normalized spacial score (nSPS) is 16.3. The second-order valence-electron chi connectivity index (χ2n) is 10.9. The zero-order chi connectivity index (χ0) is 27.1. The summed E-state index contributed by atoms with van der Waals surface area (Å²) in [6, 6.07) is 21.3. The van der Waals surface area contributed by atoms with Crippen LogP contribution in [0.5, 0.6) is 0 Å². The van der Waals surface area contributed by atoms with E-state index in [9.17, 15) is 4.79 Å². The van der Waals surface area contributed by atoms with Crippen molar-refractivity contribution in [2.45, 2.75) is 37.6 Å². The van der Waals surface area contributed by atoms with E-state index in [2.05, 4.69) is 32.9 Å². The van der Waals surface area contributed by atoms with E-state index in [0.717, 1.165) is 47.8 Å². The molecule has 2 aliphatic rings. The van der Waals surface area contributed by atoms with Crippen LogP contribution in [0.1, 0.15) is 53.0 Å². The molecule has 3 aromatic heterocycles. The molecular formula is C32H31N7O. The second kappa shape index (κ2) is 9.88. The third-order valence-electron chi connectivity index (χ3n) is 8.19. The summed E-state index contributed by atoms with van der Waals surface area (Å²) in [6.45, 7) is 3.32. The lowest BCUT2D eigenvalue weighted by Crippen LogP contribution is -2.18. The molecule has 2 aromatic carbocycles. The maximum absolute atomic E-state index is 12.8. The van der Waals surface area contributed by atoms with Gasteiger partial charge in [0.05, 0.1) is 34.4 Å². The molecule has 200 valence electrons. The van der Waals surface area contributed by atoms with Crippen LogP contribution in [0.4, 0.5) is 11.4 Å². The fraction of sp³-hybridized carbons (Fsp3) is 0.250. The molecule has 2 fully saturated rings. The number of aromatic nitrogens is 4. The average molecular weight is 530 g/mol. The maximum Gasteiger partial charge on any atom is 0.255 e. The molecule has 5 aromatic rings. The molecule has 0 unspecified atom stereocenters. The van der Waals surface area contributed by atoms with Gasteiger partial charge in [-0.3, -0.25) is 14.1 Å². The summed E-state index contributed by atoms with van der Waals surface area (Å²) in [4.78, 5) is 29.7. The van der Waals surface area contributed by atoms with Crippen LogP contribution in [0.2, 0.25) is 0 Å². The first kappa shape index (κ1) is 24.5. The van der Waals surface area contributed by atoms with E-state index in [1.54, 1.807) is 12.1 Å². The molecule has 8 nitrogen and oxygen atoms in total. The number of para-hydroxylation sites is 2. The van der Waals surface area contributed by atoms with E-state index in [1.807, 2.05) is 54.9 Å². The highest BCUT2D eigenvalue weighted by Crippen LogP contribution is 2.52. The molecule has 40 heavy (non-hydrogen) atoms. The van der Waals surface area contributed by atoms with Crippen molar-refractivity contribution in [1.29, 1.82) is 0 Å². The van der Waals surface area contributed by atoms with Gasteiger partial charge in [0.1, 0.15) is 11.5 Å². The minimum absolute atomic E-state index is 0.191. The van der Waals surface area contributed by atoms with Gasteiger partial charge in [-0.05, 0) is 92.4 Å². The van der Waals surface area contributed by atoms with Crippen LogP contribution in [0.25, 0.3) is 17.0 Å². The summed E-state index contributed by atoms with van der Waals surface area (Å²) >= 11 is 0. The van der Waals surface area contributed by atoms with Crippen LogP contribution in [-0.2, 0) is 12.0 Å². The number of amides is 1. The first-order chi connectivity index (χ1) is 19.6. The molecule has 0 atom stereocenters. The highest BCUT2D eigenvalue weighted by atomic mass is 16.1. The zero-order valence-electron chi connectivity index (χ0n) is 22.3. The van der Waals surface area contributed by atoms with Crippen molar-refractivity contribution < 1.29 is 4.79 Å². The highest BCUT2D eigenvalue weighted by Gasteiger charge is 2.48. The van der Waals surface area contributed by atoms with E-state index in [4.69, 9.17) is 20.7 Å². The van der Waals surface area contributed by atoms with Crippen LogP contribution < -0.4 is 11.1 Å². The van der Waals surface area contributed by atoms with Gasteiger partial charge >= 0.3 is 0 Å². The lowest BCUT2D eigenvalue weighted by Gasteiger charge is -2.16. The van der Waals surface area contributed by atoms with E-state index in [-0.39, 0.29) is 11.3 Å². The van der Waals surface area contributed by atoms with Crippen LogP contribution in [0.15, 0.2) is 85.3 Å².